The number of methoxy groups -OCH3 is 1. The molecule has 0 aliphatic heterocycles. The van der Waals surface area contributed by atoms with E-state index in [1.165, 1.54) is 11.8 Å². The lowest BCUT2D eigenvalue weighted by atomic mass is 10.1. The van der Waals surface area contributed by atoms with Crippen LogP contribution in [0.3, 0.4) is 0 Å². The van der Waals surface area contributed by atoms with E-state index in [-0.39, 0.29) is 11.7 Å². The lowest BCUT2D eigenvalue weighted by Crippen LogP contribution is -2.13. The average Bonchev–Trinajstić information content (AvgIpc) is 3.16. The van der Waals surface area contributed by atoms with Crippen LogP contribution in [-0.2, 0) is 11.2 Å². The summed E-state index contributed by atoms with van der Waals surface area (Å²) in [6.45, 7) is 2.53. The highest BCUT2D eigenvalue weighted by Crippen LogP contribution is 2.20. The lowest BCUT2D eigenvalue weighted by molar-refractivity contribution is -0.113. The third-order valence-corrected chi connectivity index (χ3v) is 4.56. The van der Waals surface area contributed by atoms with Crippen molar-refractivity contribution in [3.05, 3.63) is 60.0 Å². The van der Waals surface area contributed by atoms with Gasteiger partial charge >= 0.3 is 0 Å². The molecule has 3 aromatic rings. The Kier molecular flexibility index (Phi) is 6.91. The second kappa shape index (κ2) is 9.80. The molecule has 0 atom stereocenters. The number of rotatable bonds is 9. The third-order valence-electron chi connectivity index (χ3n) is 3.74. The number of amides is 1. The molecule has 1 N–H and O–H groups in total. The van der Waals surface area contributed by atoms with Crippen molar-refractivity contribution in [3.8, 4) is 11.5 Å². The second-order valence-electron chi connectivity index (χ2n) is 5.78. The smallest absolute Gasteiger partial charge is 0.277 e. The van der Waals surface area contributed by atoms with Gasteiger partial charge in [-0.2, -0.15) is 0 Å². The number of anilines is 1. The van der Waals surface area contributed by atoms with Crippen LogP contribution in [0.4, 0.5) is 5.69 Å². The summed E-state index contributed by atoms with van der Waals surface area (Å²) in [7, 11) is 1.63. The normalized spacial score (nSPS) is 10.5. The van der Waals surface area contributed by atoms with Crippen molar-refractivity contribution in [3.63, 3.8) is 0 Å². The molecule has 0 radical (unpaired) electrons. The van der Waals surface area contributed by atoms with Crippen LogP contribution in [0.2, 0.25) is 0 Å². The molecule has 1 amide bonds. The molecule has 0 spiro atoms. The van der Waals surface area contributed by atoms with Gasteiger partial charge in [0.05, 0.1) is 25.9 Å². The number of nitrogens with zero attached hydrogens (tertiary/aromatic N) is 2. The number of aromatic nitrogens is 2. The van der Waals surface area contributed by atoms with Crippen LogP contribution in [0, 0.1) is 0 Å². The molecule has 1 heterocycles. The number of ether oxygens (including phenoxy) is 2. The van der Waals surface area contributed by atoms with Gasteiger partial charge in [-0.05, 0) is 48.9 Å². The summed E-state index contributed by atoms with van der Waals surface area (Å²) in [5, 5.41) is 11.2. The molecule has 0 aliphatic carbocycles. The Morgan fingerprint density at radius 2 is 1.79 bits per heavy atom. The quantitative estimate of drug-likeness (QED) is 0.548. The first-order valence-corrected chi connectivity index (χ1v) is 9.75. The Morgan fingerprint density at radius 1 is 1.07 bits per heavy atom. The molecule has 0 aliphatic rings. The van der Waals surface area contributed by atoms with Gasteiger partial charge in [0, 0.05) is 5.69 Å². The fourth-order valence-electron chi connectivity index (χ4n) is 2.41. The maximum atomic E-state index is 12.1. The van der Waals surface area contributed by atoms with E-state index in [0.29, 0.717) is 29.8 Å². The monoisotopic (exact) mass is 399 g/mol. The molecule has 1 aromatic heterocycles. The fraction of sp³-hybridized carbons (Fsp3) is 0.250. The van der Waals surface area contributed by atoms with E-state index in [1.54, 1.807) is 19.2 Å². The van der Waals surface area contributed by atoms with E-state index in [1.807, 2.05) is 43.3 Å². The van der Waals surface area contributed by atoms with Crippen LogP contribution < -0.4 is 14.8 Å². The number of carbonyl (C=O) groups excluding carboxylic acids is 1. The minimum Gasteiger partial charge on any atom is -0.497 e. The number of carbonyl (C=O) groups is 1. The van der Waals surface area contributed by atoms with E-state index in [4.69, 9.17) is 13.9 Å². The van der Waals surface area contributed by atoms with Gasteiger partial charge in [-0.1, -0.05) is 23.9 Å². The zero-order valence-electron chi connectivity index (χ0n) is 15.7. The van der Waals surface area contributed by atoms with Crippen LogP contribution in [-0.4, -0.2) is 35.6 Å². The van der Waals surface area contributed by atoms with E-state index in [0.717, 1.165) is 17.1 Å². The molecule has 28 heavy (non-hydrogen) atoms. The number of hydrogen-bond acceptors (Lipinski definition) is 7. The molecule has 146 valence electrons. The van der Waals surface area contributed by atoms with Gasteiger partial charge in [-0.3, -0.25) is 4.79 Å². The maximum absolute atomic E-state index is 12.1. The van der Waals surface area contributed by atoms with Gasteiger partial charge in [0.25, 0.3) is 5.22 Å². The first-order valence-electron chi connectivity index (χ1n) is 8.77. The van der Waals surface area contributed by atoms with Crippen molar-refractivity contribution < 1.29 is 18.7 Å². The molecule has 0 bridgehead atoms. The average molecular weight is 399 g/mol. The van der Waals surface area contributed by atoms with Crippen molar-refractivity contribution in [2.24, 2.45) is 0 Å². The Balaban J connectivity index is 1.47. The Hall–Kier alpha value is -3.00. The van der Waals surface area contributed by atoms with Gasteiger partial charge in [0.1, 0.15) is 11.5 Å². The molecule has 0 unspecified atom stereocenters. The van der Waals surface area contributed by atoms with Crippen LogP contribution >= 0.6 is 11.8 Å². The van der Waals surface area contributed by atoms with Crippen molar-refractivity contribution in [1.29, 1.82) is 0 Å². The summed E-state index contributed by atoms with van der Waals surface area (Å²) in [4.78, 5) is 12.1. The lowest BCUT2D eigenvalue weighted by Gasteiger charge is -2.06. The number of thioether (sulfide) groups is 1. The molecular formula is C20H21N3O4S. The van der Waals surface area contributed by atoms with Crippen LogP contribution in [0.1, 0.15) is 18.4 Å². The topological polar surface area (TPSA) is 86.5 Å². The second-order valence-corrected chi connectivity index (χ2v) is 6.71. The van der Waals surface area contributed by atoms with Crippen molar-refractivity contribution in [1.82, 2.24) is 10.2 Å². The summed E-state index contributed by atoms with van der Waals surface area (Å²) in [5.74, 6) is 2.09. The predicted octanol–water partition coefficient (Wildman–Crippen LogP) is 3.80. The summed E-state index contributed by atoms with van der Waals surface area (Å²) in [6.07, 6.45) is 0.524. The van der Waals surface area contributed by atoms with E-state index < -0.39 is 0 Å². The summed E-state index contributed by atoms with van der Waals surface area (Å²) in [5.41, 5.74) is 1.74. The molecular weight excluding hydrogens is 378 g/mol. The molecule has 3 rings (SSSR count). The van der Waals surface area contributed by atoms with Gasteiger partial charge in [-0.25, -0.2) is 0 Å². The van der Waals surface area contributed by atoms with E-state index in [2.05, 4.69) is 15.5 Å². The minimum absolute atomic E-state index is 0.149. The van der Waals surface area contributed by atoms with Gasteiger partial charge in [0.15, 0.2) is 0 Å². The summed E-state index contributed by atoms with van der Waals surface area (Å²) in [6, 6.07) is 14.9. The summed E-state index contributed by atoms with van der Waals surface area (Å²) >= 11 is 1.20. The van der Waals surface area contributed by atoms with Crippen molar-refractivity contribution in [2.45, 2.75) is 18.6 Å². The number of hydrogen-bond donors (Lipinski definition) is 1. The zero-order valence-corrected chi connectivity index (χ0v) is 16.5. The first kappa shape index (κ1) is 19.8. The van der Waals surface area contributed by atoms with Gasteiger partial charge < -0.3 is 19.2 Å². The highest BCUT2D eigenvalue weighted by atomic mass is 32.2. The molecule has 2 aromatic carbocycles. The van der Waals surface area contributed by atoms with Gasteiger partial charge in [0.2, 0.25) is 11.8 Å². The maximum Gasteiger partial charge on any atom is 0.277 e. The Labute approximate surface area is 167 Å². The molecule has 0 saturated heterocycles. The molecule has 8 heteroatoms. The van der Waals surface area contributed by atoms with E-state index in [9.17, 15) is 4.79 Å². The minimum atomic E-state index is -0.149. The van der Waals surface area contributed by atoms with Crippen LogP contribution in [0.25, 0.3) is 0 Å². The molecule has 0 saturated carbocycles. The first-order chi connectivity index (χ1) is 13.7. The Morgan fingerprint density at radius 3 is 2.46 bits per heavy atom. The SMILES string of the molecule is CCOc1ccc(NC(=O)CSc2nnc(Cc3ccc(OC)cc3)o2)cc1. The Bertz CT molecular complexity index is 895. The van der Waals surface area contributed by atoms with Gasteiger partial charge in [-0.15, -0.1) is 10.2 Å². The van der Waals surface area contributed by atoms with Crippen molar-refractivity contribution >= 4 is 23.4 Å². The molecule has 0 fully saturated rings. The number of nitrogens with one attached hydrogen (secondary N) is 1. The molecule has 7 nitrogen and oxygen atoms in total. The van der Waals surface area contributed by atoms with E-state index >= 15 is 0 Å². The predicted molar refractivity (Wildman–Crippen MR) is 107 cm³/mol. The van der Waals surface area contributed by atoms with Crippen LogP contribution in [0.5, 0.6) is 11.5 Å². The third kappa shape index (κ3) is 5.75. The summed E-state index contributed by atoms with van der Waals surface area (Å²) < 4.78 is 16.1. The highest BCUT2D eigenvalue weighted by Gasteiger charge is 2.11. The standard InChI is InChI=1S/C20H21N3O4S/c1-3-26-17-10-6-15(7-11-17)21-18(24)13-28-20-23-22-19(27-20)12-14-4-8-16(25-2)9-5-14/h4-11H,3,12-13H2,1-2H3,(H,21,24). The highest BCUT2D eigenvalue weighted by molar-refractivity contribution is 7.99. The largest absolute Gasteiger partial charge is 0.497 e. The fourth-order valence-corrected chi connectivity index (χ4v) is 2.99. The number of benzene rings is 2. The van der Waals surface area contributed by atoms with Crippen LogP contribution in [0.15, 0.2) is 58.2 Å². The zero-order chi connectivity index (χ0) is 19.8. The van der Waals surface area contributed by atoms with Crippen molar-refractivity contribution in [2.75, 3.05) is 24.8 Å².